The van der Waals surface area contributed by atoms with Crippen LogP contribution in [0.4, 0.5) is 5.82 Å². The molecule has 0 aliphatic rings. The SMILES string of the molecule is COc1cc(C(C)(C)C)c(O)cc1-c1cc(N)n(C)n1. The smallest absolute Gasteiger partial charge is 0.128 e. The fraction of sp³-hybridized carbons (Fsp3) is 0.400. The molecule has 3 N–H and O–H groups in total. The fourth-order valence-corrected chi connectivity index (χ4v) is 2.15. The van der Waals surface area contributed by atoms with E-state index in [1.54, 1.807) is 31.0 Å². The van der Waals surface area contributed by atoms with Crippen LogP contribution in [0.5, 0.6) is 11.5 Å². The molecule has 0 saturated heterocycles. The average molecular weight is 275 g/mol. The molecule has 0 fully saturated rings. The largest absolute Gasteiger partial charge is 0.508 e. The molecule has 0 radical (unpaired) electrons. The molecule has 108 valence electrons. The second kappa shape index (κ2) is 4.74. The van der Waals surface area contributed by atoms with Gasteiger partial charge in [-0.1, -0.05) is 20.8 Å². The van der Waals surface area contributed by atoms with Crippen LogP contribution in [0.2, 0.25) is 0 Å². The number of phenolic OH excluding ortho intramolecular Hbond substituents is 1. The summed E-state index contributed by atoms with van der Waals surface area (Å²) in [5, 5.41) is 14.6. The van der Waals surface area contributed by atoms with Crippen LogP contribution in [-0.2, 0) is 12.5 Å². The van der Waals surface area contributed by atoms with Crippen LogP contribution in [0.15, 0.2) is 18.2 Å². The molecule has 5 heteroatoms. The van der Waals surface area contributed by atoms with Crippen molar-refractivity contribution in [1.82, 2.24) is 9.78 Å². The quantitative estimate of drug-likeness (QED) is 0.883. The summed E-state index contributed by atoms with van der Waals surface area (Å²) >= 11 is 0. The van der Waals surface area contributed by atoms with Crippen molar-refractivity contribution >= 4 is 5.82 Å². The summed E-state index contributed by atoms with van der Waals surface area (Å²) in [5.41, 5.74) is 7.88. The van der Waals surface area contributed by atoms with Crippen LogP contribution < -0.4 is 10.5 Å². The Hall–Kier alpha value is -2.17. The number of anilines is 1. The van der Waals surface area contributed by atoms with E-state index in [0.717, 1.165) is 11.1 Å². The molecule has 0 saturated carbocycles. The van der Waals surface area contributed by atoms with Crippen molar-refractivity contribution in [1.29, 1.82) is 0 Å². The summed E-state index contributed by atoms with van der Waals surface area (Å²) in [7, 11) is 3.38. The third-order valence-electron chi connectivity index (χ3n) is 3.32. The predicted molar refractivity (Wildman–Crippen MR) is 80.0 cm³/mol. The second-order valence-corrected chi connectivity index (χ2v) is 5.90. The van der Waals surface area contributed by atoms with E-state index in [9.17, 15) is 5.11 Å². The molecule has 0 aliphatic heterocycles. The molecule has 0 aliphatic carbocycles. The van der Waals surface area contributed by atoms with E-state index in [1.807, 2.05) is 26.8 Å². The van der Waals surface area contributed by atoms with Gasteiger partial charge >= 0.3 is 0 Å². The molecule has 1 aromatic heterocycles. The summed E-state index contributed by atoms with van der Waals surface area (Å²) in [5.74, 6) is 1.46. The predicted octanol–water partition coefficient (Wildman–Crippen LogP) is 2.68. The van der Waals surface area contributed by atoms with Gasteiger partial charge in [0.15, 0.2) is 0 Å². The van der Waals surface area contributed by atoms with Gasteiger partial charge in [0.2, 0.25) is 0 Å². The normalized spacial score (nSPS) is 11.7. The number of methoxy groups -OCH3 is 1. The van der Waals surface area contributed by atoms with Crippen LogP contribution >= 0.6 is 0 Å². The van der Waals surface area contributed by atoms with Crippen molar-refractivity contribution in [3.63, 3.8) is 0 Å². The number of aryl methyl sites for hydroxylation is 1. The number of aromatic hydroxyl groups is 1. The molecule has 0 amide bonds. The monoisotopic (exact) mass is 275 g/mol. The minimum Gasteiger partial charge on any atom is -0.508 e. The number of nitrogens with zero attached hydrogens (tertiary/aromatic N) is 2. The van der Waals surface area contributed by atoms with Crippen LogP contribution in [-0.4, -0.2) is 22.0 Å². The van der Waals surface area contributed by atoms with Crippen molar-refractivity contribution in [3.8, 4) is 22.8 Å². The molecule has 1 aromatic carbocycles. The van der Waals surface area contributed by atoms with E-state index < -0.39 is 0 Å². The fourth-order valence-electron chi connectivity index (χ4n) is 2.15. The van der Waals surface area contributed by atoms with Gasteiger partial charge in [0, 0.05) is 24.2 Å². The zero-order valence-electron chi connectivity index (χ0n) is 12.6. The Morgan fingerprint density at radius 2 is 1.90 bits per heavy atom. The molecule has 0 bridgehead atoms. The molecule has 2 aromatic rings. The van der Waals surface area contributed by atoms with Gasteiger partial charge in [-0.05, 0) is 17.5 Å². The first kappa shape index (κ1) is 14.2. The van der Waals surface area contributed by atoms with Crippen LogP contribution in [0.25, 0.3) is 11.3 Å². The Bertz CT molecular complexity index is 620. The zero-order chi connectivity index (χ0) is 15.1. The van der Waals surface area contributed by atoms with Gasteiger partial charge < -0.3 is 15.6 Å². The summed E-state index contributed by atoms with van der Waals surface area (Å²) in [6, 6.07) is 5.30. The highest BCUT2D eigenvalue weighted by Gasteiger charge is 2.22. The number of nitrogens with two attached hydrogens (primary N) is 1. The molecular weight excluding hydrogens is 254 g/mol. The average Bonchev–Trinajstić information content (AvgIpc) is 2.67. The highest BCUT2D eigenvalue weighted by atomic mass is 16.5. The molecule has 20 heavy (non-hydrogen) atoms. The third kappa shape index (κ3) is 2.43. The van der Waals surface area contributed by atoms with Crippen molar-refractivity contribution in [2.75, 3.05) is 12.8 Å². The van der Waals surface area contributed by atoms with Gasteiger partial charge in [0.25, 0.3) is 0 Å². The number of ether oxygens (including phenoxy) is 1. The Labute approximate surface area is 119 Å². The van der Waals surface area contributed by atoms with Gasteiger partial charge in [-0.3, -0.25) is 4.68 Å². The first-order valence-corrected chi connectivity index (χ1v) is 6.45. The molecule has 0 spiro atoms. The van der Waals surface area contributed by atoms with Crippen molar-refractivity contribution < 1.29 is 9.84 Å². The number of benzene rings is 1. The Morgan fingerprint density at radius 1 is 1.25 bits per heavy atom. The van der Waals surface area contributed by atoms with E-state index >= 15 is 0 Å². The molecular formula is C15H21N3O2. The maximum atomic E-state index is 10.3. The number of phenols is 1. The van der Waals surface area contributed by atoms with Gasteiger partial charge in [-0.15, -0.1) is 0 Å². The molecule has 1 heterocycles. The minimum absolute atomic E-state index is 0.168. The molecule has 0 atom stereocenters. The van der Waals surface area contributed by atoms with Crippen LogP contribution in [0, 0.1) is 0 Å². The van der Waals surface area contributed by atoms with Gasteiger partial charge in [0.1, 0.15) is 17.3 Å². The lowest BCUT2D eigenvalue weighted by molar-refractivity contribution is 0.407. The van der Waals surface area contributed by atoms with Gasteiger partial charge in [-0.2, -0.15) is 5.10 Å². The van der Waals surface area contributed by atoms with Crippen LogP contribution in [0.1, 0.15) is 26.3 Å². The van der Waals surface area contributed by atoms with Crippen molar-refractivity contribution in [2.45, 2.75) is 26.2 Å². The van der Waals surface area contributed by atoms with E-state index in [1.165, 1.54) is 0 Å². The van der Waals surface area contributed by atoms with E-state index in [0.29, 0.717) is 17.3 Å². The molecule has 0 unspecified atom stereocenters. The van der Waals surface area contributed by atoms with E-state index in [2.05, 4.69) is 5.10 Å². The lowest BCUT2D eigenvalue weighted by atomic mass is 9.85. The Kier molecular flexibility index (Phi) is 3.38. The topological polar surface area (TPSA) is 73.3 Å². The first-order valence-electron chi connectivity index (χ1n) is 6.45. The standard InChI is InChI=1S/C15H21N3O2/c1-15(2,3)10-7-13(20-5)9(6-12(10)19)11-8-14(16)18(4)17-11/h6-8,19H,16H2,1-5H3. The Morgan fingerprint density at radius 3 is 2.35 bits per heavy atom. The number of rotatable bonds is 2. The summed E-state index contributed by atoms with van der Waals surface area (Å²) in [4.78, 5) is 0. The third-order valence-corrected chi connectivity index (χ3v) is 3.32. The Balaban J connectivity index is 2.63. The highest BCUT2D eigenvalue weighted by Crippen LogP contribution is 2.40. The highest BCUT2D eigenvalue weighted by molar-refractivity contribution is 5.72. The van der Waals surface area contributed by atoms with Crippen molar-refractivity contribution in [2.24, 2.45) is 7.05 Å². The number of nitrogen functional groups attached to an aromatic ring is 1. The number of aromatic nitrogens is 2. The summed E-state index contributed by atoms with van der Waals surface area (Å²) < 4.78 is 7.03. The summed E-state index contributed by atoms with van der Waals surface area (Å²) in [6.45, 7) is 6.12. The molecule has 2 rings (SSSR count). The first-order chi connectivity index (χ1) is 9.24. The zero-order valence-corrected chi connectivity index (χ0v) is 12.6. The minimum atomic E-state index is -0.168. The van der Waals surface area contributed by atoms with Crippen molar-refractivity contribution in [3.05, 3.63) is 23.8 Å². The molecule has 5 nitrogen and oxygen atoms in total. The lowest BCUT2D eigenvalue weighted by Gasteiger charge is -2.22. The van der Waals surface area contributed by atoms with E-state index in [4.69, 9.17) is 10.5 Å². The van der Waals surface area contributed by atoms with Crippen LogP contribution in [0.3, 0.4) is 0 Å². The second-order valence-electron chi connectivity index (χ2n) is 5.90. The van der Waals surface area contributed by atoms with Gasteiger partial charge in [0.05, 0.1) is 12.8 Å². The number of hydrogen-bond donors (Lipinski definition) is 2. The maximum Gasteiger partial charge on any atom is 0.128 e. The summed E-state index contributed by atoms with van der Waals surface area (Å²) in [6.07, 6.45) is 0. The number of hydrogen-bond acceptors (Lipinski definition) is 4. The van der Waals surface area contributed by atoms with E-state index in [-0.39, 0.29) is 11.2 Å². The maximum absolute atomic E-state index is 10.3. The van der Waals surface area contributed by atoms with Gasteiger partial charge in [-0.25, -0.2) is 0 Å². The lowest BCUT2D eigenvalue weighted by Crippen LogP contribution is -2.11.